The quantitative estimate of drug-likeness (QED) is 0.316. The summed E-state index contributed by atoms with van der Waals surface area (Å²) in [5.74, 6) is -0.378. The maximum absolute atomic E-state index is 10.2. The van der Waals surface area contributed by atoms with E-state index in [4.69, 9.17) is 9.47 Å². The Hall–Kier alpha value is -0.650. The van der Waals surface area contributed by atoms with Crippen molar-refractivity contribution in [3.63, 3.8) is 0 Å². The zero-order valence-corrected chi connectivity index (χ0v) is 6.66. The third kappa shape index (κ3) is 9.35. The van der Waals surface area contributed by atoms with Gasteiger partial charge in [-0.2, -0.15) is 0 Å². The average Bonchev–Trinajstić information content (AvgIpc) is 1.96. The van der Waals surface area contributed by atoms with Gasteiger partial charge in [-0.1, -0.05) is 0 Å². The van der Waals surface area contributed by atoms with Gasteiger partial charge in [0.15, 0.2) is 13.6 Å². The van der Waals surface area contributed by atoms with E-state index >= 15 is 0 Å². The SMILES string of the molecule is COCOCOCOC(C)=O. The molecule has 0 spiro atoms. The molecule has 0 radical (unpaired) electrons. The third-order valence-electron chi connectivity index (χ3n) is 0.713. The smallest absolute Gasteiger partial charge is 0.304 e. The number of hydrogen-bond acceptors (Lipinski definition) is 5. The lowest BCUT2D eigenvalue weighted by molar-refractivity contribution is -0.177. The van der Waals surface area contributed by atoms with Crippen LogP contribution in [0.4, 0.5) is 0 Å². The van der Waals surface area contributed by atoms with Crippen LogP contribution in [-0.2, 0) is 23.7 Å². The molecule has 0 aromatic rings. The Morgan fingerprint density at radius 3 is 2.36 bits per heavy atom. The monoisotopic (exact) mass is 164 g/mol. The van der Waals surface area contributed by atoms with Gasteiger partial charge >= 0.3 is 5.97 Å². The molecule has 0 bridgehead atoms. The summed E-state index contributed by atoms with van der Waals surface area (Å²) in [6, 6.07) is 0. The van der Waals surface area contributed by atoms with Gasteiger partial charge < -0.3 is 18.9 Å². The molecule has 5 heteroatoms. The van der Waals surface area contributed by atoms with E-state index in [0.717, 1.165) is 0 Å². The van der Waals surface area contributed by atoms with Crippen LogP contribution in [-0.4, -0.2) is 33.5 Å². The molecule has 0 aliphatic heterocycles. The Kier molecular flexibility index (Phi) is 7.02. The first-order valence-corrected chi connectivity index (χ1v) is 3.05. The number of rotatable bonds is 6. The van der Waals surface area contributed by atoms with E-state index in [1.54, 1.807) is 0 Å². The summed E-state index contributed by atoms with van der Waals surface area (Å²) < 4.78 is 18.4. The average molecular weight is 164 g/mol. The minimum absolute atomic E-state index is 0.0567. The molecule has 0 aliphatic carbocycles. The van der Waals surface area contributed by atoms with E-state index in [1.807, 2.05) is 0 Å². The van der Waals surface area contributed by atoms with Crippen molar-refractivity contribution < 1.29 is 23.7 Å². The van der Waals surface area contributed by atoms with Crippen molar-refractivity contribution in [2.45, 2.75) is 6.92 Å². The lowest BCUT2D eigenvalue weighted by atomic mass is 10.8. The van der Waals surface area contributed by atoms with Gasteiger partial charge in [0.05, 0.1) is 0 Å². The number of carbonyl (C=O) groups is 1. The maximum atomic E-state index is 10.2. The third-order valence-corrected chi connectivity index (χ3v) is 0.713. The topological polar surface area (TPSA) is 54.0 Å². The fourth-order valence-electron chi connectivity index (χ4n) is 0.335. The molecule has 0 fully saturated rings. The molecule has 0 aromatic heterocycles. The van der Waals surface area contributed by atoms with Crippen LogP contribution >= 0.6 is 0 Å². The van der Waals surface area contributed by atoms with Crippen LogP contribution in [0.3, 0.4) is 0 Å². The van der Waals surface area contributed by atoms with Crippen molar-refractivity contribution in [2.24, 2.45) is 0 Å². The molecule has 11 heavy (non-hydrogen) atoms. The predicted molar refractivity (Wildman–Crippen MR) is 35.5 cm³/mol. The van der Waals surface area contributed by atoms with E-state index in [1.165, 1.54) is 14.0 Å². The second-order valence-corrected chi connectivity index (χ2v) is 1.69. The Morgan fingerprint density at radius 1 is 1.18 bits per heavy atom. The Bertz CT molecular complexity index is 103. The van der Waals surface area contributed by atoms with E-state index in [-0.39, 0.29) is 26.3 Å². The predicted octanol–water partition coefficient (Wildman–Crippen LogP) is 0.102. The van der Waals surface area contributed by atoms with Crippen LogP contribution in [0.1, 0.15) is 6.92 Å². The Labute approximate surface area is 65.2 Å². The largest absolute Gasteiger partial charge is 0.439 e. The van der Waals surface area contributed by atoms with Gasteiger partial charge in [0.25, 0.3) is 0 Å². The zero-order chi connectivity index (χ0) is 8.53. The molecule has 0 heterocycles. The molecule has 0 rings (SSSR count). The molecule has 0 amide bonds. The molecule has 0 aromatic carbocycles. The second-order valence-electron chi connectivity index (χ2n) is 1.69. The fourth-order valence-corrected chi connectivity index (χ4v) is 0.335. The van der Waals surface area contributed by atoms with Crippen molar-refractivity contribution in [3.8, 4) is 0 Å². The van der Waals surface area contributed by atoms with Crippen LogP contribution in [0.25, 0.3) is 0 Å². The molecule has 66 valence electrons. The number of methoxy groups -OCH3 is 1. The van der Waals surface area contributed by atoms with Gasteiger partial charge in [-0.3, -0.25) is 4.79 Å². The van der Waals surface area contributed by atoms with Crippen molar-refractivity contribution in [1.82, 2.24) is 0 Å². The van der Waals surface area contributed by atoms with Crippen LogP contribution in [0.15, 0.2) is 0 Å². The first kappa shape index (κ1) is 10.3. The Balaban J connectivity index is 2.85. The number of carbonyl (C=O) groups excluding carboxylic acids is 1. The number of esters is 1. The highest BCUT2D eigenvalue weighted by Crippen LogP contribution is 1.81. The minimum Gasteiger partial charge on any atom is -0.439 e. The highest BCUT2D eigenvalue weighted by atomic mass is 16.8. The van der Waals surface area contributed by atoms with Crippen LogP contribution in [0.2, 0.25) is 0 Å². The summed E-state index contributed by atoms with van der Waals surface area (Å²) in [5, 5.41) is 0. The number of ether oxygens (including phenoxy) is 4. The summed E-state index contributed by atoms with van der Waals surface area (Å²) in [6.45, 7) is 1.44. The first-order chi connectivity index (χ1) is 5.27. The first-order valence-electron chi connectivity index (χ1n) is 3.05. The summed E-state index contributed by atoms with van der Waals surface area (Å²) >= 11 is 0. The molecular weight excluding hydrogens is 152 g/mol. The summed E-state index contributed by atoms with van der Waals surface area (Å²) in [7, 11) is 1.51. The van der Waals surface area contributed by atoms with Crippen LogP contribution in [0, 0.1) is 0 Å². The molecule has 0 saturated heterocycles. The molecule has 0 unspecified atom stereocenters. The summed E-state index contributed by atoms with van der Waals surface area (Å²) in [4.78, 5) is 10.2. The van der Waals surface area contributed by atoms with Crippen molar-refractivity contribution in [3.05, 3.63) is 0 Å². The molecule has 0 saturated carbocycles. The van der Waals surface area contributed by atoms with Gasteiger partial charge in [0.2, 0.25) is 0 Å². The standard InChI is InChI=1S/C6H12O5/c1-6(7)11-5-10-4-9-3-8-2/h3-5H2,1-2H3. The molecule has 0 atom stereocenters. The van der Waals surface area contributed by atoms with Crippen molar-refractivity contribution >= 4 is 5.97 Å². The highest BCUT2D eigenvalue weighted by molar-refractivity contribution is 5.65. The maximum Gasteiger partial charge on any atom is 0.304 e. The number of hydrogen-bond donors (Lipinski definition) is 0. The van der Waals surface area contributed by atoms with Gasteiger partial charge in [-0.05, 0) is 0 Å². The molecular formula is C6H12O5. The summed E-state index contributed by atoms with van der Waals surface area (Å²) in [5.41, 5.74) is 0. The zero-order valence-electron chi connectivity index (χ0n) is 6.66. The highest BCUT2D eigenvalue weighted by Gasteiger charge is 1.90. The lowest BCUT2D eigenvalue weighted by Crippen LogP contribution is -2.08. The van der Waals surface area contributed by atoms with Gasteiger partial charge in [-0.25, -0.2) is 0 Å². The van der Waals surface area contributed by atoms with E-state index < -0.39 is 0 Å². The van der Waals surface area contributed by atoms with Crippen LogP contribution in [0.5, 0.6) is 0 Å². The fraction of sp³-hybridized carbons (Fsp3) is 0.833. The molecule has 0 aliphatic rings. The van der Waals surface area contributed by atoms with E-state index in [0.29, 0.717) is 0 Å². The lowest BCUT2D eigenvalue weighted by Gasteiger charge is -2.03. The van der Waals surface area contributed by atoms with Crippen molar-refractivity contribution in [1.29, 1.82) is 0 Å². The normalized spacial score (nSPS) is 9.64. The minimum atomic E-state index is -0.378. The van der Waals surface area contributed by atoms with Gasteiger partial charge in [-0.15, -0.1) is 0 Å². The van der Waals surface area contributed by atoms with Crippen LogP contribution < -0.4 is 0 Å². The van der Waals surface area contributed by atoms with Gasteiger partial charge in [0.1, 0.15) is 6.79 Å². The van der Waals surface area contributed by atoms with E-state index in [2.05, 4.69) is 9.47 Å². The Morgan fingerprint density at radius 2 is 1.82 bits per heavy atom. The molecule has 0 N–H and O–H groups in total. The summed E-state index contributed by atoms with van der Waals surface area (Å²) in [6.07, 6.45) is 0. The van der Waals surface area contributed by atoms with E-state index in [9.17, 15) is 4.79 Å². The van der Waals surface area contributed by atoms with Crippen molar-refractivity contribution in [2.75, 3.05) is 27.5 Å². The van der Waals surface area contributed by atoms with Gasteiger partial charge in [0, 0.05) is 14.0 Å². The molecule has 5 nitrogen and oxygen atoms in total. The second kappa shape index (κ2) is 7.46.